The van der Waals surface area contributed by atoms with Gasteiger partial charge < -0.3 is 5.32 Å². The third-order valence-electron chi connectivity index (χ3n) is 4.06. The number of nitrogens with one attached hydrogen (secondary N) is 2. The standard InChI is InChI=1S/C15H16N4O2S/c20-19(21)13-3-1-2-11(7-13)9-16-18-15(22)17-14-8-10-4-5-12(14)6-10/h1-5,7,9-10,12,14H,6,8H2,(H2,17,18,22). The molecule has 1 fully saturated rings. The number of hydrazone groups is 1. The number of hydrogen-bond donors (Lipinski definition) is 2. The molecule has 0 aliphatic heterocycles. The van der Waals surface area contributed by atoms with Crippen LogP contribution in [0.2, 0.25) is 0 Å². The lowest BCUT2D eigenvalue weighted by Gasteiger charge is -2.20. The molecular formula is C15H16N4O2S. The zero-order valence-corrected chi connectivity index (χ0v) is 12.6. The number of hydrogen-bond acceptors (Lipinski definition) is 4. The van der Waals surface area contributed by atoms with E-state index in [1.54, 1.807) is 12.1 Å². The summed E-state index contributed by atoms with van der Waals surface area (Å²) in [4.78, 5) is 10.3. The lowest BCUT2D eigenvalue weighted by Crippen LogP contribution is -2.42. The molecule has 0 saturated heterocycles. The lowest BCUT2D eigenvalue weighted by atomic mass is 10.0. The van der Waals surface area contributed by atoms with Crippen molar-refractivity contribution < 1.29 is 4.92 Å². The predicted octanol–water partition coefficient (Wildman–Crippen LogP) is 2.36. The maximum atomic E-state index is 10.7. The Hall–Kier alpha value is -2.28. The fourth-order valence-electron chi connectivity index (χ4n) is 3.03. The Bertz CT molecular complexity index is 659. The van der Waals surface area contributed by atoms with Crippen molar-refractivity contribution in [1.29, 1.82) is 0 Å². The van der Waals surface area contributed by atoms with Crippen molar-refractivity contribution in [2.24, 2.45) is 16.9 Å². The number of nitrogens with zero attached hydrogens (tertiary/aromatic N) is 2. The first-order chi connectivity index (χ1) is 10.6. The zero-order chi connectivity index (χ0) is 15.5. The van der Waals surface area contributed by atoms with Crippen molar-refractivity contribution >= 4 is 29.2 Å². The summed E-state index contributed by atoms with van der Waals surface area (Å²) >= 11 is 5.22. The first-order valence-corrected chi connectivity index (χ1v) is 7.55. The van der Waals surface area contributed by atoms with Crippen molar-refractivity contribution in [3.05, 3.63) is 52.1 Å². The Kier molecular flexibility index (Phi) is 4.15. The fraction of sp³-hybridized carbons (Fsp3) is 0.333. The first kappa shape index (κ1) is 14.6. The predicted molar refractivity (Wildman–Crippen MR) is 88.7 cm³/mol. The molecule has 1 saturated carbocycles. The highest BCUT2D eigenvalue weighted by atomic mass is 32.1. The van der Waals surface area contributed by atoms with E-state index in [2.05, 4.69) is 28.0 Å². The summed E-state index contributed by atoms with van der Waals surface area (Å²) in [6.07, 6.45) is 8.36. The Morgan fingerprint density at radius 3 is 2.95 bits per heavy atom. The molecule has 1 aromatic rings. The number of allylic oxidation sites excluding steroid dienone is 1. The van der Waals surface area contributed by atoms with E-state index in [1.807, 2.05) is 0 Å². The van der Waals surface area contributed by atoms with Crippen LogP contribution in [0.3, 0.4) is 0 Å². The fourth-order valence-corrected chi connectivity index (χ4v) is 3.24. The number of benzene rings is 1. The molecule has 0 amide bonds. The first-order valence-electron chi connectivity index (χ1n) is 7.14. The minimum absolute atomic E-state index is 0.0402. The average Bonchev–Trinajstić information content (AvgIpc) is 3.10. The molecular weight excluding hydrogens is 300 g/mol. The van der Waals surface area contributed by atoms with E-state index in [4.69, 9.17) is 12.2 Å². The van der Waals surface area contributed by atoms with E-state index in [9.17, 15) is 10.1 Å². The van der Waals surface area contributed by atoms with Gasteiger partial charge in [0.2, 0.25) is 0 Å². The molecule has 114 valence electrons. The molecule has 0 radical (unpaired) electrons. The van der Waals surface area contributed by atoms with Gasteiger partial charge in [0.15, 0.2) is 5.11 Å². The molecule has 22 heavy (non-hydrogen) atoms. The lowest BCUT2D eigenvalue weighted by molar-refractivity contribution is -0.384. The molecule has 2 aliphatic rings. The minimum Gasteiger partial charge on any atom is -0.358 e. The molecule has 3 atom stereocenters. The molecule has 7 heteroatoms. The summed E-state index contributed by atoms with van der Waals surface area (Å²) in [5.74, 6) is 1.24. The van der Waals surface area contributed by atoms with Gasteiger partial charge >= 0.3 is 0 Å². The molecule has 3 rings (SSSR count). The van der Waals surface area contributed by atoms with Crippen LogP contribution in [-0.2, 0) is 0 Å². The van der Waals surface area contributed by atoms with Crippen molar-refractivity contribution in [2.75, 3.05) is 0 Å². The minimum atomic E-state index is -0.431. The molecule has 1 aromatic carbocycles. The van der Waals surface area contributed by atoms with Crippen LogP contribution < -0.4 is 10.7 Å². The van der Waals surface area contributed by atoms with Gasteiger partial charge in [-0.05, 0) is 36.9 Å². The van der Waals surface area contributed by atoms with Crippen LogP contribution in [0.4, 0.5) is 5.69 Å². The summed E-state index contributed by atoms with van der Waals surface area (Å²) in [5, 5.41) is 18.5. The van der Waals surface area contributed by atoms with E-state index < -0.39 is 4.92 Å². The molecule has 0 aromatic heterocycles. The topological polar surface area (TPSA) is 79.6 Å². The second-order valence-electron chi connectivity index (χ2n) is 5.58. The highest BCUT2D eigenvalue weighted by Gasteiger charge is 2.35. The van der Waals surface area contributed by atoms with Gasteiger partial charge in [0.25, 0.3) is 5.69 Å². The summed E-state index contributed by atoms with van der Waals surface area (Å²) < 4.78 is 0. The summed E-state index contributed by atoms with van der Waals surface area (Å²) in [6, 6.07) is 6.65. The third kappa shape index (κ3) is 3.30. The monoisotopic (exact) mass is 316 g/mol. The molecule has 0 spiro atoms. The van der Waals surface area contributed by atoms with Crippen molar-refractivity contribution in [2.45, 2.75) is 18.9 Å². The Morgan fingerprint density at radius 1 is 1.41 bits per heavy atom. The van der Waals surface area contributed by atoms with Crippen molar-refractivity contribution in [3.8, 4) is 0 Å². The average molecular weight is 316 g/mol. The highest BCUT2D eigenvalue weighted by molar-refractivity contribution is 7.80. The number of thiocarbonyl (C=S) groups is 1. The summed E-state index contributed by atoms with van der Waals surface area (Å²) in [6.45, 7) is 0. The van der Waals surface area contributed by atoms with Gasteiger partial charge in [-0.2, -0.15) is 5.10 Å². The van der Waals surface area contributed by atoms with Gasteiger partial charge in [-0.15, -0.1) is 0 Å². The molecule has 2 bridgehead atoms. The summed E-state index contributed by atoms with van der Waals surface area (Å²) in [7, 11) is 0. The second-order valence-corrected chi connectivity index (χ2v) is 5.99. The van der Waals surface area contributed by atoms with Gasteiger partial charge in [0, 0.05) is 23.7 Å². The normalized spacial score (nSPS) is 25.5. The van der Waals surface area contributed by atoms with E-state index in [0.717, 1.165) is 6.42 Å². The highest BCUT2D eigenvalue weighted by Crippen LogP contribution is 2.38. The zero-order valence-electron chi connectivity index (χ0n) is 11.8. The van der Waals surface area contributed by atoms with Crippen molar-refractivity contribution in [1.82, 2.24) is 10.7 Å². The van der Waals surface area contributed by atoms with E-state index in [-0.39, 0.29) is 5.69 Å². The van der Waals surface area contributed by atoms with Crippen LogP contribution in [0.25, 0.3) is 0 Å². The van der Waals surface area contributed by atoms with Crippen LogP contribution in [0.15, 0.2) is 41.5 Å². The Morgan fingerprint density at radius 2 is 2.27 bits per heavy atom. The van der Waals surface area contributed by atoms with Crippen LogP contribution >= 0.6 is 12.2 Å². The van der Waals surface area contributed by atoms with Crippen molar-refractivity contribution in [3.63, 3.8) is 0 Å². The van der Waals surface area contributed by atoms with E-state index in [1.165, 1.54) is 24.8 Å². The molecule has 6 nitrogen and oxygen atoms in total. The van der Waals surface area contributed by atoms with Gasteiger partial charge in [-0.25, -0.2) is 0 Å². The molecule has 3 unspecified atom stereocenters. The quantitative estimate of drug-likeness (QED) is 0.293. The maximum absolute atomic E-state index is 10.7. The van der Waals surface area contributed by atoms with Crippen LogP contribution in [0.5, 0.6) is 0 Å². The Labute approximate surface area is 133 Å². The van der Waals surface area contributed by atoms with Crippen LogP contribution in [0, 0.1) is 22.0 Å². The number of fused-ring (bicyclic) bond motifs is 2. The Balaban J connectivity index is 1.51. The number of nitro benzene ring substituents is 1. The SMILES string of the molecule is O=[N+]([O-])c1cccc(C=NNC(=S)NC2CC3C=CC2C3)c1. The third-order valence-corrected chi connectivity index (χ3v) is 4.27. The maximum Gasteiger partial charge on any atom is 0.270 e. The van der Waals surface area contributed by atoms with E-state index in [0.29, 0.717) is 28.6 Å². The van der Waals surface area contributed by atoms with Crippen LogP contribution in [-0.4, -0.2) is 22.3 Å². The van der Waals surface area contributed by atoms with E-state index >= 15 is 0 Å². The van der Waals surface area contributed by atoms with Gasteiger partial charge in [-0.3, -0.25) is 15.5 Å². The second kappa shape index (κ2) is 6.23. The molecule has 2 aliphatic carbocycles. The molecule has 0 heterocycles. The van der Waals surface area contributed by atoms with Gasteiger partial charge in [0.05, 0.1) is 11.1 Å². The number of nitro groups is 1. The largest absolute Gasteiger partial charge is 0.358 e. The number of non-ortho nitro benzene ring substituents is 1. The summed E-state index contributed by atoms with van der Waals surface area (Å²) in [5.41, 5.74) is 3.45. The van der Waals surface area contributed by atoms with Gasteiger partial charge in [-0.1, -0.05) is 24.3 Å². The van der Waals surface area contributed by atoms with Gasteiger partial charge in [0.1, 0.15) is 0 Å². The molecule has 2 N–H and O–H groups in total. The number of rotatable bonds is 4. The smallest absolute Gasteiger partial charge is 0.270 e. The van der Waals surface area contributed by atoms with Crippen LogP contribution in [0.1, 0.15) is 18.4 Å².